The first kappa shape index (κ1) is 13.5. The molecule has 1 aliphatic heterocycles. The largest absolute Gasteiger partial charge is 0.481 e. The molecule has 2 atom stereocenters. The van der Waals surface area contributed by atoms with Crippen LogP contribution in [0.3, 0.4) is 0 Å². The number of aromatic nitrogens is 2. The van der Waals surface area contributed by atoms with Crippen LogP contribution in [0.25, 0.3) is 0 Å². The average molecular weight is 269 g/mol. The van der Waals surface area contributed by atoms with E-state index in [2.05, 4.69) is 14.9 Å². The number of carbonyl (C=O) groups is 2. The second-order valence-corrected chi connectivity index (χ2v) is 4.71. The van der Waals surface area contributed by atoms with Crippen molar-refractivity contribution in [3.63, 3.8) is 0 Å². The lowest BCUT2D eigenvalue weighted by molar-refractivity contribution is -0.157. The van der Waals surface area contributed by atoms with E-state index in [4.69, 9.17) is 10.2 Å². The molecule has 0 bridgehead atoms. The van der Waals surface area contributed by atoms with Gasteiger partial charge in [0.2, 0.25) is 0 Å². The van der Waals surface area contributed by atoms with Crippen LogP contribution in [0.15, 0.2) is 4.63 Å². The molecule has 1 fully saturated rings. The van der Waals surface area contributed by atoms with Crippen LogP contribution < -0.4 is 0 Å². The highest BCUT2D eigenvalue weighted by atomic mass is 16.6. The first-order chi connectivity index (χ1) is 8.99. The Balaban J connectivity index is 2.05. The molecule has 0 aliphatic carbocycles. The summed E-state index contributed by atoms with van der Waals surface area (Å²) >= 11 is 0. The smallest absolute Gasteiger partial charge is 0.308 e. The second-order valence-electron chi connectivity index (χ2n) is 4.71. The zero-order valence-electron chi connectivity index (χ0n) is 10.4. The van der Waals surface area contributed by atoms with Gasteiger partial charge in [-0.05, 0) is 19.9 Å². The third kappa shape index (κ3) is 2.90. The summed E-state index contributed by atoms with van der Waals surface area (Å²) in [6.07, 6.45) is 0.316. The molecule has 1 aliphatic rings. The molecule has 104 valence electrons. The summed E-state index contributed by atoms with van der Waals surface area (Å²) in [4.78, 5) is 24.0. The van der Waals surface area contributed by atoms with Crippen molar-refractivity contribution in [3.05, 3.63) is 11.4 Å². The average Bonchev–Trinajstić information content (AvgIpc) is 2.74. The van der Waals surface area contributed by atoms with Crippen molar-refractivity contribution in [1.82, 2.24) is 15.2 Å². The van der Waals surface area contributed by atoms with Crippen molar-refractivity contribution >= 4 is 11.9 Å². The van der Waals surface area contributed by atoms with Crippen molar-refractivity contribution in [2.24, 2.45) is 11.8 Å². The molecule has 0 spiro atoms. The monoisotopic (exact) mass is 269 g/mol. The molecule has 0 aromatic carbocycles. The Morgan fingerprint density at radius 1 is 1.32 bits per heavy atom. The molecule has 0 saturated carbocycles. The molecule has 2 N–H and O–H groups in total. The van der Waals surface area contributed by atoms with Gasteiger partial charge in [0, 0.05) is 13.1 Å². The number of aryl methyl sites for hydroxylation is 1. The second kappa shape index (κ2) is 5.35. The van der Waals surface area contributed by atoms with Crippen molar-refractivity contribution in [3.8, 4) is 0 Å². The lowest BCUT2D eigenvalue weighted by Crippen LogP contribution is -2.46. The van der Waals surface area contributed by atoms with Crippen molar-refractivity contribution < 1.29 is 24.4 Å². The molecule has 2 rings (SSSR count). The quantitative estimate of drug-likeness (QED) is 0.783. The first-order valence-corrected chi connectivity index (χ1v) is 5.95. The van der Waals surface area contributed by atoms with E-state index in [-0.39, 0.29) is 6.54 Å². The maximum atomic E-state index is 11.1. The summed E-state index contributed by atoms with van der Waals surface area (Å²) in [5, 5.41) is 25.5. The predicted molar refractivity (Wildman–Crippen MR) is 61.2 cm³/mol. The van der Waals surface area contributed by atoms with E-state index >= 15 is 0 Å². The van der Waals surface area contributed by atoms with Crippen LogP contribution in [0.2, 0.25) is 0 Å². The number of nitrogens with zero attached hydrogens (tertiary/aromatic N) is 3. The van der Waals surface area contributed by atoms with Crippen LogP contribution in [0.4, 0.5) is 0 Å². The van der Waals surface area contributed by atoms with Crippen LogP contribution in [-0.2, 0) is 16.1 Å². The van der Waals surface area contributed by atoms with Gasteiger partial charge in [0.1, 0.15) is 11.4 Å². The van der Waals surface area contributed by atoms with Gasteiger partial charge in [0.15, 0.2) is 0 Å². The van der Waals surface area contributed by atoms with Crippen LogP contribution in [0.1, 0.15) is 17.8 Å². The van der Waals surface area contributed by atoms with Crippen molar-refractivity contribution in [2.45, 2.75) is 19.9 Å². The van der Waals surface area contributed by atoms with Gasteiger partial charge in [-0.2, -0.15) is 0 Å². The van der Waals surface area contributed by atoms with Gasteiger partial charge >= 0.3 is 11.9 Å². The van der Waals surface area contributed by atoms with Crippen molar-refractivity contribution in [2.75, 3.05) is 13.1 Å². The van der Waals surface area contributed by atoms with E-state index < -0.39 is 23.8 Å². The van der Waals surface area contributed by atoms with E-state index in [9.17, 15) is 9.59 Å². The molecule has 2 unspecified atom stereocenters. The highest BCUT2D eigenvalue weighted by molar-refractivity contribution is 5.80. The van der Waals surface area contributed by atoms with Crippen molar-refractivity contribution in [1.29, 1.82) is 0 Å². The molecule has 1 saturated heterocycles. The minimum absolute atomic E-state index is 0.193. The fourth-order valence-electron chi connectivity index (χ4n) is 2.31. The number of carboxylic acids is 2. The van der Waals surface area contributed by atoms with Gasteiger partial charge < -0.3 is 10.2 Å². The summed E-state index contributed by atoms with van der Waals surface area (Å²) in [6, 6.07) is 0. The van der Waals surface area contributed by atoms with Crippen LogP contribution in [0, 0.1) is 18.8 Å². The fourth-order valence-corrected chi connectivity index (χ4v) is 2.31. The summed E-state index contributed by atoms with van der Waals surface area (Å²) in [6.45, 7) is 2.89. The molecule has 8 nitrogen and oxygen atoms in total. The van der Waals surface area contributed by atoms with Gasteiger partial charge in [0.25, 0.3) is 0 Å². The Kier molecular flexibility index (Phi) is 3.79. The van der Waals surface area contributed by atoms with E-state index in [0.717, 1.165) is 0 Å². The third-order valence-electron chi connectivity index (χ3n) is 3.45. The zero-order chi connectivity index (χ0) is 14.0. The summed E-state index contributed by atoms with van der Waals surface area (Å²) in [5.41, 5.74) is 1.31. The number of aliphatic carboxylic acids is 2. The fraction of sp³-hybridized carbons (Fsp3) is 0.636. The Morgan fingerprint density at radius 2 is 2.00 bits per heavy atom. The summed E-state index contributed by atoms with van der Waals surface area (Å²) in [7, 11) is 0. The number of hydrogen-bond acceptors (Lipinski definition) is 6. The number of hydrogen-bond donors (Lipinski definition) is 2. The van der Waals surface area contributed by atoms with Gasteiger partial charge in [-0.3, -0.25) is 14.5 Å². The van der Waals surface area contributed by atoms with Crippen LogP contribution >= 0.6 is 0 Å². The van der Waals surface area contributed by atoms with E-state index in [1.54, 1.807) is 6.92 Å². The van der Waals surface area contributed by atoms with Crippen LogP contribution in [-0.4, -0.2) is 50.5 Å². The first-order valence-electron chi connectivity index (χ1n) is 5.95. The molecule has 0 amide bonds. The topological polar surface area (TPSA) is 117 Å². The Hall–Kier alpha value is -1.96. The van der Waals surface area contributed by atoms with Gasteiger partial charge in [0.05, 0.1) is 11.8 Å². The summed E-state index contributed by atoms with van der Waals surface area (Å²) in [5.74, 6) is -3.85. The minimum Gasteiger partial charge on any atom is -0.481 e. The molecular formula is C11H15N3O5. The molecule has 1 aromatic heterocycles. The maximum absolute atomic E-state index is 11.1. The highest BCUT2D eigenvalue weighted by Crippen LogP contribution is 2.25. The lowest BCUT2D eigenvalue weighted by Gasteiger charge is -2.33. The molecular weight excluding hydrogens is 254 g/mol. The van der Waals surface area contributed by atoms with E-state index in [1.165, 1.54) is 0 Å². The Morgan fingerprint density at radius 3 is 2.53 bits per heavy atom. The van der Waals surface area contributed by atoms with Crippen LogP contribution in [0.5, 0.6) is 0 Å². The Bertz CT molecular complexity index is 486. The van der Waals surface area contributed by atoms with Gasteiger partial charge in [-0.25, -0.2) is 4.63 Å². The highest BCUT2D eigenvalue weighted by Gasteiger charge is 2.38. The molecule has 0 radical (unpaired) electrons. The predicted octanol–water partition coefficient (Wildman–Crippen LogP) is -0.0147. The number of carboxylic acid groups (broad SMARTS) is 2. The van der Waals surface area contributed by atoms with Gasteiger partial charge in [-0.1, -0.05) is 10.3 Å². The van der Waals surface area contributed by atoms with Gasteiger partial charge in [-0.15, -0.1) is 0 Å². The minimum atomic E-state index is -1.08. The molecule has 1 aromatic rings. The number of piperidine rings is 1. The third-order valence-corrected chi connectivity index (χ3v) is 3.45. The molecule has 8 heteroatoms. The zero-order valence-corrected chi connectivity index (χ0v) is 10.4. The maximum Gasteiger partial charge on any atom is 0.308 e. The van der Waals surface area contributed by atoms with E-state index in [1.807, 2.05) is 4.90 Å². The summed E-state index contributed by atoms with van der Waals surface area (Å²) < 4.78 is 4.58. The number of rotatable bonds is 4. The number of likely N-dealkylation sites (tertiary alicyclic amines) is 1. The molecule has 2 heterocycles. The Labute approximate surface area is 109 Å². The molecule has 19 heavy (non-hydrogen) atoms. The standard InChI is InChI=1S/C11H15N3O5/c1-6-9(13-19-12-6)5-14-3-2-7(10(15)16)8(4-14)11(17)18/h7-8H,2-5H2,1H3,(H,15,16)(H,17,18). The SMILES string of the molecule is Cc1nonc1CN1CCC(C(=O)O)C(C(=O)O)C1. The lowest BCUT2D eigenvalue weighted by atomic mass is 9.85. The normalized spacial score (nSPS) is 24.3. The van der Waals surface area contributed by atoms with E-state index in [0.29, 0.717) is 30.9 Å².